The minimum atomic E-state index is -0.826. The fraction of sp³-hybridized carbons (Fsp3) is 0.774. The molecule has 2 heterocycles. The number of carbonyl (C=O) groups is 3. The van der Waals surface area contributed by atoms with Gasteiger partial charge in [-0.05, 0) is 67.1 Å². The summed E-state index contributed by atoms with van der Waals surface area (Å²) in [6.45, 7) is 16.9. The first-order valence-electron chi connectivity index (χ1n) is 15.7. The number of amides is 3. The fourth-order valence-corrected chi connectivity index (χ4v) is 6.91. The maximum absolute atomic E-state index is 13.8. The highest BCUT2D eigenvalue weighted by Gasteiger charge is 2.62. The molecule has 0 radical (unpaired) electrons. The molecule has 3 saturated carbocycles. The highest BCUT2D eigenvalue weighted by molar-refractivity contribution is 6.47. The Balaban J connectivity index is 1.45. The molecule has 0 spiro atoms. The van der Waals surface area contributed by atoms with Crippen molar-refractivity contribution in [1.82, 2.24) is 25.9 Å². The van der Waals surface area contributed by atoms with Gasteiger partial charge in [0.2, 0.25) is 11.8 Å². The topological polar surface area (TPSA) is 132 Å². The molecule has 232 valence electrons. The lowest BCUT2D eigenvalue weighted by Gasteiger charge is -2.60. The smallest absolute Gasteiger partial charge is 0.404 e. The minimum absolute atomic E-state index is 0.0578. The highest BCUT2D eigenvalue weighted by atomic mass is 16.7. The second-order valence-corrected chi connectivity index (χ2v) is 14.4. The zero-order valence-electron chi connectivity index (χ0n) is 26.6. The van der Waals surface area contributed by atoms with Crippen molar-refractivity contribution >= 4 is 24.8 Å². The van der Waals surface area contributed by atoms with Gasteiger partial charge in [0.25, 0.3) is 5.91 Å². The van der Waals surface area contributed by atoms with Gasteiger partial charge in [0, 0.05) is 12.4 Å². The maximum atomic E-state index is 13.8. The van der Waals surface area contributed by atoms with Gasteiger partial charge >= 0.3 is 7.12 Å². The van der Waals surface area contributed by atoms with Crippen molar-refractivity contribution in [2.75, 3.05) is 0 Å². The first-order valence-corrected chi connectivity index (χ1v) is 15.7. The van der Waals surface area contributed by atoms with Crippen LogP contribution in [0.5, 0.6) is 0 Å². The average molecular weight is 584 g/mol. The molecule has 4 aliphatic rings. The van der Waals surface area contributed by atoms with Crippen LogP contribution in [0.3, 0.4) is 0 Å². The van der Waals surface area contributed by atoms with Gasteiger partial charge in [-0.2, -0.15) is 0 Å². The van der Waals surface area contributed by atoms with E-state index < -0.39 is 31.0 Å². The van der Waals surface area contributed by atoms with Gasteiger partial charge in [0.1, 0.15) is 17.8 Å². The van der Waals surface area contributed by atoms with E-state index in [1.807, 2.05) is 27.7 Å². The molecule has 42 heavy (non-hydrogen) atoms. The summed E-state index contributed by atoms with van der Waals surface area (Å²) in [5.74, 6) is 0.237. The molecule has 11 heteroatoms. The molecule has 3 N–H and O–H groups in total. The Kier molecular flexibility index (Phi) is 10.3. The Bertz CT molecular complexity index is 1100. The summed E-state index contributed by atoms with van der Waals surface area (Å²) in [5, 5.41) is 8.94. The molecule has 5 rings (SSSR count). The van der Waals surface area contributed by atoms with Crippen molar-refractivity contribution in [3.05, 3.63) is 24.3 Å². The molecule has 3 aliphatic carbocycles. The van der Waals surface area contributed by atoms with Crippen LogP contribution in [-0.2, 0) is 18.9 Å². The van der Waals surface area contributed by atoms with Gasteiger partial charge in [0.05, 0.1) is 24.3 Å². The molecular formula is C31H50BN5O5. The van der Waals surface area contributed by atoms with Gasteiger partial charge in [-0.15, -0.1) is 0 Å². The van der Waals surface area contributed by atoms with Gasteiger partial charge < -0.3 is 25.3 Å². The van der Waals surface area contributed by atoms with Crippen molar-refractivity contribution in [2.45, 2.75) is 118 Å². The van der Waals surface area contributed by atoms with Gasteiger partial charge in [-0.3, -0.25) is 19.4 Å². The summed E-state index contributed by atoms with van der Waals surface area (Å²) < 4.78 is 13.0. The largest absolute Gasteiger partial charge is 0.481 e. The number of nitrogens with zero attached hydrogens (tertiary/aromatic N) is 2. The first kappa shape index (κ1) is 32.4. The lowest BCUT2D eigenvalue weighted by molar-refractivity contribution is -0.150. The minimum Gasteiger partial charge on any atom is -0.404 e. The summed E-state index contributed by atoms with van der Waals surface area (Å²) >= 11 is 0. The lowest BCUT2D eigenvalue weighted by Crippen LogP contribution is -2.59. The van der Waals surface area contributed by atoms with Crippen molar-refractivity contribution in [3.63, 3.8) is 0 Å². The fourth-order valence-electron chi connectivity index (χ4n) is 6.91. The van der Waals surface area contributed by atoms with Crippen LogP contribution in [0.15, 0.2) is 18.6 Å². The Labute approximate surface area is 251 Å². The molecule has 1 aromatic heterocycles. The van der Waals surface area contributed by atoms with E-state index in [1.165, 1.54) is 25.0 Å². The van der Waals surface area contributed by atoms with Crippen LogP contribution in [0.2, 0.25) is 0 Å². The Morgan fingerprint density at radius 2 is 1.50 bits per heavy atom. The maximum Gasteiger partial charge on any atom is 0.481 e. The van der Waals surface area contributed by atoms with E-state index in [0.29, 0.717) is 37.0 Å². The van der Waals surface area contributed by atoms with Crippen LogP contribution in [0.25, 0.3) is 0 Å². The number of hydrogen-bond acceptors (Lipinski definition) is 7. The number of nitrogens with one attached hydrogen (secondary N) is 3. The third-order valence-electron chi connectivity index (χ3n) is 9.27. The van der Waals surface area contributed by atoms with E-state index in [4.69, 9.17) is 9.31 Å². The molecule has 0 unspecified atom stereocenters. The van der Waals surface area contributed by atoms with E-state index >= 15 is 0 Å². The molecule has 10 nitrogen and oxygen atoms in total. The predicted octanol–water partition coefficient (Wildman–Crippen LogP) is 3.56. The van der Waals surface area contributed by atoms with Crippen molar-refractivity contribution in [2.24, 2.45) is 35.0 Å². The quantitative estimate of drug-likeness (QED) is 0.303. The summed E-state index contributed by atoms with van der Waals surface area (Å²) in [5.41, 5.74) is 0.392. The summed E-state index contributed by atoms with van der Waals surface area (Å²) in [6.07, 6.45) is 8.13. The molecule has 2 bridgehead atoms. The normalized spacial score (nSPS) is 26.3. The van der Waals surface area contributed by atoms with Crippen molar-refractivity contribution < 1.29 is 23.7 Å². The molecule has 1 saturated heterocycles. The standard InChI is InChI=1S/C31H50BN5O5/c1-17(2)11-22(36-30(40)24-16-33-9-10-34-24)28(38)35-23(12-18(3)4)29(39)37-26(13-19(5)6)32-41-25-15-20-14-21(27(25)42-32)31(20,7)8/h9-10,16-23,25-27H,11-15H2,1-8H3,(H,35,38)(H,36,40)(H,37,39)/t20-,21+,22+,23+,25-,26-,27+/m1/s1. The SMILES string of the molecule is CC(C)C[C@H](NC(=O)c1cnccn1)C(=O)N[C@@H](CC(C)C)C(=O)N[C@H](CC(C)C)B1O[C@@H]2[C@@H](C[C@H]3C[C@@H]2C3(C)C)O1. The van der Waals surface area contributed by atoms with Gasteiger partial charge in [-0.25, -0.2) is 4.98 Å². The Hall–Kier alpha value is -2.53. The van der Waals surface area contributed by atoms with Gasteiger partial charge in [0.15, 0.2) is 0 Å². The molecule has 0 aromatic carbocycles. The van der Waals surface area contributed by atoms with Crippen LogP contribution in [-0.4, -0.2) is 65.0 Å². The van der Waals surface area contributed by atoms with Crippen LogP contribution >= 0.6 is 0 Å². The number of carbonyl (C=O) groups excluding carboxylic acids is 3. The predicted molar refractivity (Wildman–Crippen MR) is 161 cm³/mol. The average Bonchev–Trinajstić information content (AvgIpc) is 3.36. The molecular weight excluding hydrogens is 533 g/mol. The van der Waals surface area contributed by atoms with Crippen LogP contribution < -0.4 is 16.0 Å². The van der Waals surface area contributed by atoms with Crippen molar-refractivity contribution in [1.29, 1.82) is 0 Å². The van der Waals surface area contributed by atoms with Crippen molar-refractivity contribution in [3.8, 4) is 0 Å². The summed E-state index contributed by atoms with van der Waals surface area (Å²) in [6, 6.07) is -1.60. The third-order valence-corrected chi connectivity index (χ3v) is 9.27. The molecule has 3 amide bonds. The molecule has 1 aliphatic heterocycles. The monoisotopic (exact) mass is 583 g/mol. The number of rotatable bonds is 13. The van der Waals surface area contributed by atoms with Gasteiger partial charge in [-0.1, -0.05) is 55.4 Å². The summed E-state index contributed by atoms with van der Waals surface area (Å²) in [4.78, 5) is 48.1. The van der Waals surface area contributed by atoms with E-state index in [-0.39, 0.29) is 47.0 Å². The van der Waals surface area contributed by atoms with Crippen LogP contribution in [0.4, 0.5) is 0 Å². The Morgan fingerprint density at radius 1 is 0.881 bits per heavy atom. The molecule has 1 aromatic rings. The second kappa shape index (κ2) is 13.4. The first-order chi connectivity index (χ1) is 19.8. The zero-order valence-corrected chi connectivity index (χ0v) is 26.6. The molecule has 7 atom stereocenters. The number of aromatic nitrogens is 2. The third kappa shape index (κ3) is 7.51. The Morgan fingerprint density at radius 3 is 2.07 bits per heavy atom. The van der Waals surface area contributed by atoms with E-state index in [2.05, 4.69) is 53.6 Å². The second-order valence-electron chi connectivity index (χ2n) is 14.4. The van der Waals surface area contributed by atoms with Crippen LogP contribution in [0.1, 0.15) is 98.0 Å². The highest BCUT2D eigenvalue weighted by Crippen LogP contribution is 2.61. The summed E-state index contributed by atoms with van der Waals surface area (Å²) in [7, 11) is -0.517. The van der Waals surface area contributed by atoms with E-state index in [1.54, 1.807) is 0 Å². The zero-order chi connectivity index (χ0) is 30.8. The molecule has 4 fully saturated rings. The number of hydrogen-bond donors (Lipinski definition) is 3. The van der Waals surface area contributed by atoms with Crippen LogP contribution in [0, 0.1) is 35.0 Å². The van der Waals surface area contributed by atoms with E-state index in [9.17, 15) is 14.4 Å². The lowest BCUT2D eigenvalue weighted by atomic mass is 9.47. The van der Waals surface area contributed by atoms with E-state index in [0.717, 1.165) is 6.42 Å².